The number of nitrogens with zero attached hydrogens (tertiary/aromatic N) is 2. The molecule has 1 fully saturated rings. The molecule has 0 atom stereocenters. The van der Waals surface area contributed by atoms with Crippen LogP contribution in [-0.2, 0) is 37.8 Å². The average molecular weight is 576 g/mol. The molecule has 202 valence electrons. The van der Waals surface area contributed by atoms with Crippen LogP contribution in [0.1, 0.15) is 24.0 Å². The standard InChI is InChI=1S/C27H30ClN3O5S2/c28-24-10-14-26(15-11-24)38(35,36)31(19-16-22-6-2-1-3-7-22)21-27(32)29-20-23-8-12-25(13-9-23)37(33,34)30-17-4-5-18-30/h1-3,6-15H,4-5,16-21H2,(H,29,32). The number of sulfonamides is 2. The number of nitrogens with one attached hydrogen (secondary N) is 1. The third-order valence-electron chi connectivity index (χ3n) is 6.38. The van der Waals surface area contributed by atoms with E-state index >= 15 is 0 Å². The van der Waals surface area contributed by atoms with Crippen molar-refractivity contribution < 1.29 is 21.6 Å². The summed E-state index contributed by atoms with van der Waals surface area (Å²) in [7, 11) is -7.47. The molecule has 3 aromatic carbocycles. The summed E-state index contributed by atoms with van der Waals surface area (Å²) >= 11 is 5.93. The van der Waals surface area contributed by atoms with E-state index in [2.05, 4.69) is 5.32 Å². The predicted molar refractivity (Wildman–Crippen MR) is 147 cm³/mol. The summed E-state index contributed by atoms with van der Waals surface area (Å²) in [6, 6.07) is 21.7. The number of hydrogen-bond donors (Lipinski definition) is 1. The first-order valence-corrected chi connectivity index (χ1v) is 15.6. The maximum atomic E-state index is 13.4. The molecule has 1 amide bonds. The molecule has 0 unspecified atom stereocenters. The van der Waals surface area contributed by atoms with Gasteiger partial charge in [-0.3, -0.25) is 4.79 Å². The van der Waals surface area contributed by atoms with E-state index in [4.69, 9.17) is 11.6 Å². The van der Waals surface area contributed by atoms with Gasteiger partial charge in [0.2, 0.25) is 26.0 Å². The van der Waals surface area contributed by atoms with E-state index in [1.165, 1.54) is 40.7 Å². The number of hydrogen-bond acceptors (Lipinski definition) is 5. The molecule has 3 aromatic rings. The molecular formula is C27H30ClN3O5S2. The predicted octanol–water partition coefficient (Wildman–Crippen LogP) is 3.67. The van der Waals surface area contributed by atoms with Crippen LogP contribution < -0.4 is 5.32 Å². The van der Waals surface area contributed by atoms with Gasteiger partial charge in [-0.2, -0.15) is 8.61 Å². The van der Waals surface area contributed by atoms with E-state index in [9.17, 15) is 21.6 Å². The van der Waals surface area contributed by atoms with Crippen LogP contribution in [0, 0.1) is 0 Å². The highest BCUT2D eigenvalue weighted by atomic mass is 35.5. The zero-order valence-corrected chi connectivity index (χ0v) is 23.2. The Hall–Kier alpha value is -2.76. The zero-order valence-electron chi connectivity index (χ0n) is 20.8. The van der Waals surface area contributed by atoms with Gasteiger partial charge < -0.3 is 5.32 Å². The Kier molecular flexibility index (Phi) is 9.22. The van der Waals surface area contributed by atoms with Crippen LogP contribution in [0.15, 0.2) is 88.7 Å². The monoisotopic (exact) mass is 575 g/mol. The summed E-state index contributed by atoms with van der Waals surface area (Å²) in [5, 5.41) is 3.16. The molecule has 1 saturated heterocycles. The van der Waals surface area contributed by atoms with Crippen LogP contribution in [0.2, 0.25) is 5.02 Å². The SMILES string of the molecule is O=C(CN(CCc1ccccc1)S(=O)(=O)c1ccc(Cl)cc1)NCc1ccc(S(=O)(=O)N2CCCC2)cc1. The first-order chi connectivity index (χ1) is 18.2. The molecule has 0 aliphatic carbocycles. The van der Waals surface area contributed by atoms with Crippen LogP contribution in [0.3, 0.4) is 0 Å². The lowest BCUT2D eigenvalue weighted by Gasteiger charge is -2.22. The second kappa shape index (κ2) is 12.4. The molecule has 38 heavy (non-hydrogen) atoms. The largest absolute Gasteiger partial charge is 0.351 e. The minimum atomic E-state index is -3.95. The zero-order chi connectivity index (χ0) is 27.2. The highest BCUT2D eigenvalue weighted by Gasteiger charge is 2.28. The Morgan fingerprint density at radius 3 is 2.05 bits per heavy atom. The summed E-state index contributed by atoms with van der Waals surface area (Å²) < 4.78 is 54.8. The Bertz CT molecular complexity index is 1440. The molecule has 8 nitrogen and oxygen atoms in total. The Morgan fingerprint density at radius 2 is 1.42 bits per heavy atom. The summed E-state index contributed by atoms with van der Waals surface area (Å²) in [5.41, 5.74) is 1.66. The van der Waals surface area contributed by atoms with Crippen molar-refractivity contribution in [1.29, 1.82) is 0 Å². The Balaban J connectivity index is 1.42. The number of carbonyl (C=O) groups is 1. The number of rotatable bonds is 11. The van der Waals surface area contributed by atoms with E-state index in [-0.39, 0.29) is 29.4 Å². The maximum absolute atomic E-state index is 13.4. The molecule has 1 aliphatic rings. The van der Waals surface area contributed by atoms with Gasteiger partial charge in [0.15, 0.2) is 0 Å². The van der Waals surface area contributed by atoms with Gasteiger partial charge in [-0.15, -0.1) is 0 Å². The lowest BCUT2D eigenvalue weighted by atomic mass is 10.1. The smallest absolute Gasteiger partial charge is 0.243 e. The fourth-order valence-electron chi connectivity index (χ4n) is 4.21. The molecule has 0 spiro atoms. The van der Waals surface area contributed by atoms with Crippen LogP contribution >= 0.6 is 11.6 Å². The molecule has 1 heterocycles. The minimum Gasteiger partial charge on any atom is -0.351 e. The number of halogens is 1. The van der Waals surface area contributed by atoms with E-state index in [1.807, 2.05) is 30.3 Å². The molecule has 1 N–H and O–H groups in total. The highest BCUT2D eigenvalue weighted by molar-refractivity contribution is 7.89. The molecule has 4 rings (SSSR count). The topological polar surface area (TPSA) is 104 Å². The van der Waals surface area contributed by atoms with Crippen molar-refractivity contribution in [2.45, 2.75) is 35.6 Å². The second-order valence-corrected chi connectivity index (χ2v) is 13.4. The van der Waals surface area contributed by atoms with Crippen molar-refractivity contribution in [3.63, 3.8) is 0 Å². The summed E-state index contributed by atoms with van der Waals surface area (Å²) in [6.45, 7) is 0.945. The van der Waals surface area contributed by atoms with E-state index in [0.717, 1.165) is 22.7 Å². The van der Waals surface area contributed by atoms with Crippen molar-refractivity contribution in [2.75, 3.05) is 26.2 Å². The minimum absolute atomic E-state index is 0.0533. The molecule has 1 aliphatic heterocycles. The first-order valence-electron chi connectivity index (χ1n) is 12.3. The van der Waals surface area contributed by atoms with Crippen molar-refractivity contribution >= 4 is 37.6 Å². The first kappa shape index (κ1) is 28.3. The van der Waals surface area contributed by atoms with Gasteiger partial charge in [-0.1, -0.05) is 54.1 Å². The van der Waals surface area contributed by atoms with Crippen molar-refractivity contribution in [3.8, 4) is 0 Å². The lowest BCUT2D eigenvalue weighted by molar-refractivity contribution is -0.121. The van der Waals surface area contributed by atoms with Gasteiger partial charge in [-0.25, -0.2) is 16.8 Å². The third-order valence-corrected chi connectivity index (χ3v) is 10.4. The van der Waals surface area contributed by atoms with Gasteiger partial charge in [0.05, 0.1) is 16.3 Å². The van der Waals surface area contributed by atoms with Crippen LogP contribution in [0.5, 0.6) is 0 Å². The van der Waals surface area contributed by atoms with Gasteiger partial charge in [0.1, 0.15) is 0 Å². The quantitative estimate of drug-likeness (QED) is 0.376. The number of carbonyl (C=O) groups excluding carboxylic acids is 1. The van der Waals surface area contributed by atoms with Crippen LogP contribution in [0.25, 0.3) is 0 Å². The third kappa shape index (κ3) is 7.00. The molecule has 0 aromatic heterocycles. The molecule has 0 radical (unpaired) electrons. The fraction of sp³-hybridized carbons (Fsp3) is 0.296. The van der Waals surface area contributed by atoms with Gasteiger partial charge >= 0.3 is 0 Å². The van der Waals surface area contributed by atoms with E-state index in [1.54, 1.807) is 12.1 Å². The molecule has 11 heteroatoms. The summed E-state index contributed by atoms with van der Waals surface area (Å²) in [5.74, 6) is -0.468. The maximum Gasteiger partial charge on any atom is 0.243 e. The normalized spacial score (nSPS) is 14.6. The number of benzene rings is 3. The molecule has 0 saturated carbocycles. The van der Waals surface area contributed by atoms with Crippen LogP contribution in [-0.4, -0.2) is 57.5 Å². The second-order valence-electron chi connectivity index (χ2n) is 9.06. The Labute approximate surface area is 229 Å². The van der Waals surface area contributed by atoms with Crippen molar-refractivity contribution in [2.24, 2.45) is 0 Å². The van der Waals surface area contributed by atoms with Gasteiger partial charge in [0.25, 0.3) is 0 Å². The van der Waals surface area contributed by atoms with Crippen molar-refractivity contribution in [1.82, 2.24) is 13.9 Å². The lowest BCUT2D eigenvalue weighted by Crippen LogP contribution is -2.41. The van der Waals surface area contributed by atoms with Crippen molar-refractivity contribution in [3.05, 3.63) is 95.0 Å². The van der Waals surface area contributed by atoms with E-state index < -0.39 is 26.0 Å². The van der Waals surface area contributed by atoms with E-state index in [0.29, 0.717) is 30.1 Å². The highest BCUT2D eigenvalue weighted by Crippen LogP contribution is 2.22. The van der Waals surface area contributed by atoms with Gasteiger partial charge in [0, 0.05) is 31.2 Å². The van der Waals surface area contributed by atoms with Crippen LogP contribution in [0.4, 0.5) is 0 Å². The fourth-order valence-corrected chi connectivity index (χ4v) is 7.25. The van der Waals surface area contributed by atoms with Gasteiger partial charge in [-0.05, 0) is 66.8 Å². The molecule has 0 bridgehead atoms. The molecular weight excluding hydrogens is 546 g/mol. The average Bonchev–Trinajstić information content (AvgIpc) is 3.47. The number of amides is 1. The summed E-state index contributed by atoms with van der Waals surface area (Å²) in [4.78, 5) is 13.1. The summed E-state index contributed by atoms with van der Waals surface area (Å²) in [6.07, 6.45) is 2.16. The Morgan fingerprint density at radius 1 is 0.816 bits per heavy atom.